The molecule has 0 radical (unpaired) electrons. The molecule has 6 atom stereocenters. The third-order valence-corrected chi connectivity index (χ3v) is 13.3. The van der Waals surface area contributed by atoms with E-state index in [1.807, 2.05) is 92.9 Å². The molecule has 0 spiro atoms. The number of benzene rings is 3. The Hall–Kier alpha value is -4.11. The Morgan fingerprint density at radius 3 is 2.57 bits per heavy atom. The highest BCUT2D eigenvalue weighted by atomic mass is 28.4. The van der Waals surface area contributed by atoms with Crippen molar-refractivity contribution in [3.8, 4) is 11.5 Å². The van der Waals surface area contributed by atoms with Gasteiger partial charge in [0.2, 0.25) is 5.91 Å². The number of aryl methyl sites for hydroxylation is 1. The van der Waals surface area contributed by atoms with Crippen molar-refractivity contribution in [2.24, 2.45) is 5.92 Å². The van der Waals surface area contributed by atoms with Gasteiger partial charge in [0, 0.05) is 49.2 Å². The number of hydrogen-bond acceptors (Lipinski definition) is 10. The molecule has 3 heterocycles. The second-order valence-electron chi connectivity index (χ2n) is 15.0. The summed E-state index contributed by atoms with van der Waals surface area (Å²) in [6.45, 7) is 9.67. The number of fused-ring (bicyclic) bond motifs is 2. The summed E-state index contributed by atoms with van der Waals surface area (Å²) in [6.07, 6.45) is 3.78. The van der Waals surface area contributed by atoms with Crippen LogP contribution in [0.5, 0.6) is 11.5 Å². The maximum Gasteiger partial charge on any atom is 0.249 e. The van der Waals surface area contributed by atoms with Crippen LogP contribution in [0.2, 0.25) is 18.6 Å². The standard InChI is InChI=1S/C41H55N5O7Si/c1-6-52-31-15-16-36-29(22-31)23-34(42-19-10-11-21-47)41(49)46(36)30-14-17-37-32(24-30)39(51-3)27(2)40(53-37)38(54(4,5)50)18-20-45-25-35(43-44-45)33(26-48)28-12-8-7-9-13-28/h7-9,12-17,22,24-25,27,33-34,38-40,42,47-48,50H,6,10-11,18-21,23,26H2,1-5H3/t27-,33?,34?,38?,39-,40-/m1/s1. The van der Waals surface area contributed by atoms with E-state index in [1.54, 1.807) is 16.7 Å². The predicted octanol–water partition coefficient (Wildman–Crippen LogP) is 5.50. The van der Waals surface area contributed by atoms with E-state index in [2.05, 4.69) is 22.6 Å². The zero-order chi connectivity index (χ0) is 38.4. The molecule has 0 saturated carbocycles. The van der Waals surface area contributed by atoms with Crippen LogP contribution in [0.3, 0.4) is 0 Å². The Bertz CT molecular complexity index is 1850. The number of rotatable bonds is 17. The largest absolute Gasteiger partial charge is 0.494 e. The zero-order valence-corrected chi connectivity index (χ0v) is 33.0. The van der Waals surface area contributed by atoms with Gasteiger partial charge in [0.1, 0.15) is 17.6 Å². The fourth-order valence-corrected chi connectivity index (χ4v) is 10.1. The highest BCUT2D eigenvalue weighted by Gasteiger charge is 2.46. The van der Waals surface area contributed by atoms with Crippen LogP contribution in [-0.2, 0) is 22.5 Å². The predicted molar refractivity (Wildman–Crippen MR) is 210 cm³/mol. The number of carbonyl (C=O) groups excluding carboxylic acids is 1. The van der Waals surface area contributed by atoms with Crippen molar-refractivity contribution < 1.29 is 34.0 Å². The topological polar surface area (TPSA) is 151 Å². The minimum Gasteiger partial charge on any atom is -0.494 e. The quantitative estimate of drug-likeness (QED) is 0.0804. The first kappa shape index (κ1) is 39.6. The fraction of sp³-hybridized carbons (Fsp3) is 0.488. The molecule has 2 aliphatic rings. The van der Waals surface area contributed by atoms with Gasteiger partial charge in [0.25, 0.3) is 0 Å². The first-order valence-electron chi connectivity index (χ1n) is 19.1. The van der Waals surface area contributed by atoms with E-state index < -0.39 is 14.4 Å². The average Bonchev–Trinajstić information content (AvgIpc) is 3.62. The second-order valence-corrected chi connectivity index (χ2v) is 19.0. The van der Waals surface area contributed by atoms with Crippen molar-refractivity contribution in [1.82, 2.24) is 20.3 Å². The lowest BCUT2D eigenvalue weighted by molar-refractivity contribution is -0.120. The van der Waals surface area contributed by atoms with Crippen molar-refractivity contribution in [2.75, 3.05) is 38.4 Å². The van der Waals surface area contributed by atoms with Gasteiger partial charge in [-0.15, -0.1) is 5.10 Å². The number of nitrogens with zero attached hydrogens (tertiary/aromatic N) is 4. The van der Waals surface area contributed by atoms with E-state index in [1.165, 1.54) is 0 Å². The van der Waals surface area contributed by atoms with Crippen LogP contribution in [0.25, 0.3) is 0 Å². The lowest BCUT2D eigenvalue weighted by Gasteiger charge is -2.44. The molecular weight excluding hydrogens is 703 g/mol. The van der Waals surface area contributed by atoms with E-state index in [-0.39, 0.29) is 48.7 Å². The highest BCUT2D eigenvalue weighted by Crippen LogP contribution is 2.48. The average molecular weight is 758 g/mol. The summed E-state index contributed by atoms with van der Waals surface area (Å²) in [4.78, 5) is 27.7. The van der Waals surface area contributed by atoms with Crippen LogP contribution in [0.4, 0.5) is 11.4 Å². The molecule has 13 heteroatoms. The molecule has 1 aromatic heterocycles. The lowest BCUT2D eigenvalue weighted by atomic mass is 9.86. The minimum absolute atomic E-state index is 0.0503. The molecule has 290 valence electrons. The lowest BCUT2D eigenvalue weighted by Crippen LogP contribution is -2.50. The fourth-order valence-electron chi connectivity index (χ4n) is 8.05. The molecule has 4 aromatic rings. The van der Waals surface area contributed by atoms with Crippen LogP contribution in [0.1, 0.15) is 67.5 Å². The molecule has 1 amide bonds. The summed E-state index contributed by atoms with van der Waals surface area (Å²) in [5.41, 5.74) is 4.89. The van der Waals surface area contributed by atoms with E-state index in [0.29, 0.717) is 50.4 Å². The number of hydrogen-bond donors (Lipinski definition) is 4. The van der Waals surface area contributed by atoms with Crippen LogP contribution in [0, 0.1) is 5.92 Å². The van der Waals surface area contributed by atoms with Gasteiger partial charge in [-0.3, -0.25) is 14.4 Å². The van der Waals surface area contributed by atoms with E-state index in [9.17, 15) is 19.8 Å². The summed E-state index contributed by atoms with van der Waals surface area (Å²) < 4.78 is 20.6. The van der Waals surface area contributed by atoms with Crippen LogP contribution in [-0.4, -0.2) is 89.8 Å². The molecule has 3 unspecified atom stereocenters. The smallest absolute Gasteiger partial charge is 0.249 e. The summed E-state index contributed by atoms with van der Waals surface area (Å²) in [5.74, 6) is 0.988. The van der Waals surface area contributed by atoms with Gasteiger partial charge < -0.3 is 34.5 Å². The number of amides is 1. The number of aliphatic hydroxyl groups is 2. The number of carbonyl (C=O) groups is 1. The summed E-state index contributed by atoms with van der Waals surface area (Å²) in [7, 11) is -1.10. The Labute approximate surface area is 319 Å². The molecule has 0 bridgehead atoms. The van der Waals surface area contributed by atoms with Crippen molar-refractivity contribution >= 4 is 25.6 Å². The van der Waals surface area contributed by atoms with Gasteiger partial charge in [0.05, 0.1) is 42.7 Å². The van der Waals surface area contributed by atoms with Gasteiger partial charge in [0.15, 0.2) is 8.32 Å². The first-order valence-corrected chi connectivity index (χ1v) is 22.2. The van der Waals surface area contributed by atoms with Gasteiger partial charge in [-0.1, -0.05) is 42.5 Å². The number of unbranched alkanes of at least 4 members (excludes halogenated alkanes) is 1. The number of nitrogens with one attached hydrogen (secondary N) is 1. The molecule has 6 rings (SSSR count). The van der Waals surface area contributed by atoms with E-state index in [0.717, 1.165) is 40.2 Å². The van der Waals surface area contributed by atoms with Crippen LogP contribution in [0.15, 0.2) is 72.9 Å². The van der Waals surface area contributed by atoms with Crippen molar-refractivity contribution in [2.45, 2.75) is 88.9 Å². The minimum atomic E-state index is -2.80. The van der Waals surface area contributed by atoms with Gasteiger partial charge in [-0.2, -0.15) is 0 Å². The first-order chi connectivity index (χ1) is 26.1. The Morgan fingerprint density at radius 1 is 1.07 bits per heavy atom. The van der Waals surface area contributed by atoms with Crippen molar-refractivity contribution in [3.05, 3.63) is 95.3 Å². The molecule has 2 aliphatic heterocycles. The molecule has 3 aromatic carbocycles. The Kier molecular flexibility index (Phi) is 12.9. The van der Waals surface area contributed by atoms with Crippen molar-refractivity contribution in [1.29, 1.82) is 0 Å². The van der Waals surface area contributed by atoms with E-state index in [4.69, 9.17) is 14.2 Å². The maximum absolute atomic E-state index is 14.2. The summed E-state index contributed by atoms with van der Waals surface area (Å²) in [5, 5.41) is 31.6. The molecular formula is C41H55N5O7Si. The maximum atomic E-state index is 14.2. The summed E-state index contributed by atoms with van der Waals surface area (Å²) >= 11 is 0. The normalized spacial score (nSPS) is 20.9. The van der Waals surface area contributed by atoms with Crippen molar-refractivity contribution in [3.63, 3.8) is 0 Å². The number of anilines is 2. The Balaban J connectivity index is 1.25. The van der Waals surface area contributed by atoms with E-state index >= 15 is 0 Å². The number of methoxy groups -OCH3 is 1. The van der Waals surface area contributed by atoms with Crippen LogP contribution >= 0.6 is 0 Å². The molecule has 0 fully saturated rings. The second kappa shape index (κ2) is 17.6. The number of aromatic nitrogens is 3. The number of aliphatic hydroxyl groups excluding tert-OH is 2. The molecule has 12 nitrogen and oxygen atoms in total. The van der Waals surface area contributed by atoms with Gasteiger partial charge >= 0.3 is 0 Å². The molecule has 4 N–H and O–H groups in total. The zero-order valence-electron chi connectivity index (χ0n) is 32.0. The monoisotopic (exact) mass is 757 g/mol. The number of ether oxygens (including phenoxy) is 3. The molecule has 0 saturated heterocycles. The SMILES string of the molecule is CCOc1ccc2c(c1)CC(NCCCCO)C(=O)N2c1ccc2c(c1)[C@H](OC)[C@@H](C)[C@H](C(CCn1cc(C(CO)c3ccccc3)nn1)[Si](C)(C)O)O2. The third kappa shape index (κ3) is 8.56. The summed E-state index contributed by atoms with van der Waals surface area (Å²) in [6, 6.07) is 21.1. The molecule has 54 heavy (non-hydrogen) atoms. The van der Waals surface area contributed by atoms with Gasteiger partial charge in [-0.25, -0.2) is 0 Å². The highest BCUT2D eigenvalue weighted by molar-refractivity contribution is 6.71. The van der Waals surface area contributed by atoms with Crippen LogP contribution < -0.4 is 19.7 Å². The Morgan fingerprint density at radius 2 is 1.87 bits per heavy atom. The third-order valence-electron chi connectivity index (χ3n) is 10.9. The van der Waals surface area contributed by atoms with Gasteiger partial charge in [-0.05, 0) is 99.8 Å². The molecule has 0 aliphatic carbocycles.